The molecule has 0 fully saturated rings. The molecule has 16 heavy (non-hydrogen) atoms. The molecule has 0 atom stereocenters. The fourth-order valence-electron chi connectivity index (χ4n) is 1.76. The summed E-state index contributed by atoms with van der Waals surface area (Å²) < 4.78 is 28.2. The molecule has 1 rings (SSSR count). The van der Waals surface area contributed by atoms with E-state index in [-0.39, 0.29) is 22.6 Å². The van der Waals surface area contributed by atoms with Crippen molar-refractivity contribution in [3.8, 4) is 0 Å². The molecule has 0 radical (unpaired) electrons. The highest BCUT2D eigenvalue weighted by molar-refractivity contribution is 5.33. The number of nitrogens with zero attached hydrogens (tertiary/aromatic N) is 1. The fraction of sp³-hybridized carbons (Fsp3) is 0.583. The van der Waals surface area contributed by atoms with Gasteiger partial charge in [0.2, 0.25) is 0 Å². The Morgan fingerprint density at radius 2 is 1.88 bits per heavy atom. The van der Waals surface area contributed by atoms with Crippen molar-refractivity contribution in [3.63, 3.8) is 0 Å². The molecule has 0 saturated carbocycles. The van der Waals surface area contributed by atoms with Crippen molar-refractivity contribution >= 4 is 0 Å². The highest BCUT2D eigenvalue weighted by Crippen LogP contribution is 2.32. The minimum atomic E-state index is -2.97. The second kappa shape index (κ2) is 4.00. The average Bonchev–Trinajstić information content (AvgIpc) is 2.11. The van der Waals surface area contributed by atoms with E-state index in [9.17, 15) is 13.6 Å². The van der Waals surface area contributed by atoms with Gasteiger partial charge < -0.3 is 4.57 Å². The van der Waals surface area contributed by atoms with Crippen LogP contribution >= 0.6 is 0 Å². The molecule has 1 heterocycles. The third-order valence-corrected chi connectivity index (χ3v) is 2.76. The third kappa shape index (κ3) is 2.15. The number of halogens is 2. The first-order valence-corrected chi connectivity index (χ1v) is 5.25. The molecule has 0 saturated heterocycles. The van der Waals surface area contributed by atoms with Gasteiger partial charge in [-0.25, -0.2) is 8.78 Å². The number of alkyl halides is 2. The Hall–Kier alpha value is -1.19. The Morgan fingerprint density at radius 3 is 2.25 bits per heavy atom. The minimum Gasteiger partial charge on any atom is -0.316 e. The average molecular weight is 229 g/mol. The molecule has 0 bridgehead atoms. The smallest absolute Gasteiger partial charge is 0.271 e. The lowest BCUT2D eigenvalue weighted by Gasteiger charge is -2.20. The van der Waals surface area contributed by atoms with Crippen LogP contribution in [0.4, 0.5) is 8.78 Å². The third-order valence-electron chi connectivity index (χ3n) is 2.76. The topological polar surface area (TPSA) is 22.0 Å². The fourth-order valence-corrected chi connectivity index (χ4v) is 1.76. The van der Waals surface area contributed by atoms with Gasteiger partial charge in [-0.2, -0.15) is 0 Å². The molecule has 90 valence electrons. The van der Waals surface area contributed by atoms with Gasteiger partial charge in [0.25, 0.3) is 11.5 Å². The summed E-state index contributed by atoms with van der Waals surface area (Å²) in [5.74, 6) is -3.18. The van der Waals surface area contributed by atoms with Gasteiger partial charge in [0, 0.05) is 30.8 Å². The van der Waals surface area contributed by atoms with E-state index in [1.165, 1.54) is 10.6 Å². The van der Waals surface area contributed by atoms with E-state index in [2.05, 4.69) is 0 Å². The van der Waals surface area contributed by atoms with Crippen LogP contribution in [-0.2, 0) is 13.0 Å². The summed E-state index contributed by atoms with van der Waals surface area (Å²) in [5.41, 5.74) is 0.279. The number of hydrogen-bond acceptors (Lipinski definition) is 1. The van der Waals surface area contributed by atoms with Gasteiger partial charge in [0.1, 0.15) is 0 Å². The number of aryl methyl sites for hydroxylation is 1. The lowest BCUT2D eigenvalue weighted by Crippen LogP contribution is -2.28. The van der Waals surface area contributed by atoms with E-state index in [0.717, 1.165) is 6.92 Å². The van der Waals surface area contributed by atoms with Gasteiger partial charge in [-0.15, -0.1) is 0 Å². The molecule has 1 aromatic heterocycles. The van der Waals surface area contributed by atoms with Crippen LogP contribution in [0.15, 0.2) is 10.9 Å². The van der Waals surface area contributed by atoms with E-state index >= 15 is 0 Å². The summed E-state index contributed by atoms with van der Waals surface area (Å²) in [7, 11) is 1.60. The molecule has 0 aromatic carbocycles. The molecule has 0 aliphatic heterocycles. The van der Waals surface area contributed by atoms with Gasteiger partial charge in [-0.1, -0.05) is 13.8 Å². The summed E-state index contributed by atoms with van der Waals surface area (Å²) in [4.78, 5) is 11.9. The first-order chi connectivity index (χ1) is 7.16. The van der Waals surface area contributed by atoms with E-state index in [1.54, 1.807) is 27.8 Å². The van der Waals surface area contributed by atoms with Gasteiger partial charge in [0.15, 0.2) is 0 Å². The maximum atomic E-state index is 13.4. The molecule has 0 N–H and O–H groups in total. The van der Waals surface area contributed by atoms with Gasteiger partial charge in [-0.05, 0) is 18.9 Å². The summed E-state index contributed by atoms with van der Waals surface area (Å²) in [6.07, 6.45) is 0. The minimum absolute atomic E-state index is 0.150. The van der Waals surface area contributed by atoms with E-state index in [1.807, 2.05) is 0 Å². The van der Waals surface area contributed by atoms with Crippen LogP contribution < -0.4 is 5.56 Å². The first kappa shape index (κ1) is 12.9. The van der Waals surface area contributed by atoms with Crippen LogP contribution in [0.25, 0.3) is 0 Å². The molecule has 0 amide bonds. The van der Waals surface area contributed by atoms with Crippen molar-refractivity contribution in [2.24, 2.45) is 7.05 Å². The molecule has 0 spiro atoms. The highest BCUT2D eigenvalue weighted by Gasteiger charge is 2.31. The number of pyridine rings is 1. The van der Waals surface area contributed by atoms with Crippen LogP contribution in [0.1, 0.15) is 43.5 Å². The predicted octanol–water partition coefficient (Wildman–Crippen LogP) is 2.93. The lowest BCUT2D eigenvalue weighted by atomic mass is 9.95. The normalized spacial score (nSPS) is 12.2. The molecule has 4 heteroatoms. The molecule has 2 nitrogen and oxygen atoms in total. The van der Waals surface area contributed by atoms with Gasteiger partial charge in [0.05, 0.1) is 0 Å². The second-order valence-electron chi connectivity index (χ2n) is 4.52. The Morgan fingerprint density at radius 1 is 1.38 bits per heavy atom. The maximum absolute atomic E-state index is 13.4. The Balaban J connectivity index is 3.68. The van der Waals surface area contributed by atoms with Crippen LogP contribution in [0.5, 0.6) is 0 Å². The summed E-state index contributed by atoms with van der Waals surface area (Å²) >= 11 is 0. The molecular weight excluding hydrogens is 212 g/mol. The van der Waals surface area contributed by atoms with Crippen LogP contribution in [0, 0.1) is 6.92 Å². The van der Waals surface area contributed by atoms with Crippen LogP contribution in [-0.4, -0.2) is 4.57 Å². The summed E-state index contributed by atoms with van der Waals surface area (Å²) in [6, 6.07) is 1.40. The van der Waals surface area contributed by atoms with E-state index in [0.29, 0.717) is 5.69 Å². The Labute approximate surface area is 93.9 Å². The zero-order valence-electron chi connectivity index (χ0n) is 10.3. The number of aromatic nitrogens is 1. The standard InChI is InChI=1S/C12H17F2NO/c1-7(2)10-9(12(4,13)14)6-8(3)15(5)11(10)16/h6-7H,1-5H3. The highest BCUT2D eigenvalue weighted by atomic mass is 19.3. The molecule has 0 unspecified atom stereocenters. The Bertz CT molecular complexity index is 455. The van der Waals surface area contributed by atoms with Crippen molar-refractivity contribution in [1.82, 2.24) is 4.57 Å². The maximum Gasteiger partial charge on any atom is 0.271 e. The quantitative estimate of drug-likeness (QED) is 0.764. The van der Waals surface area contributed by atoms with Gasteiger partial charge >= 0.3 is 0 Å². The van der Waals surface area contributed by atoms with Crippen LogP contribution in [0.2, 0.25) is 0 Å². The van der Waals surface area contributed by atoms with Crippen molar-refractivity contribution in [3.05, 3.63) is 33.2 Å². The van der Waals surface area contributed by atoms with E-state index < -0.39 is 5.92 Å². The van der Waals surface area contributed by atoms with Crippen molar-refractivity contribution in [1.29, 1.82) is 0 Å². The predicted molar refractivity (Wildman–Crippen MR) is 60.1 cm³/mol. The molecule has 0 aliphatic carbocycles. The summed E-state index contributed by atoms with van der Waals surface area (Å²) in [5, 5.41) is 0. The van der Waals surface area contributed by atoms with Crippen molar-refractivity contribution < 1.29 is 8.78 Å². The number of hydrogen-bond donors (Lipinski definition) is 0. The monoisotopic (exact) mass is 229 g/mol. The van der Waals surface area contributed by atoms with Crippen LogP contribution in [0.3, 0.4) is 0 Å². The van der Waals surface area contributed by atoms with Gasteiger partial charge in [-0.3, -0.25) is 4.79 Å². The zero-order valence-corrected chi connectivity index (χ0v) is 10.3. The summed E-state index contributed by atoms with van der Waals surface area (Å²) in [6.45, 7) is 5.98. The lowest BCUT2D eigenvalue weighted by molar-refractivity contribution is 0.0159. The second-order valence-corrected chi connectivity index (χ2v) is 4.52. The Kier molecular flexibility index (Phi) is 3.22. The number of rotatable bonds is 2. The molecule has 0 aliphatic rings. The van der Waals surface area contributed by atoms with Crippen molar-refractivity contribution in [2.75, 3.05) is 0 Å². The van der Waals surface area contributed by atoms with Crippen molar-refractivity contribution in [2.45, 2.75) is 39.5 Å². The molecule has 1 aromatic rings. The van der Waals surface area contributed by atoms with E-state index in [4.69, 9.17) is 0 Å². The molecular formula is C12H17F2NO. The first-order valence-electron chi connectivity index (χ1n) is 5.25. The SMILES string of the molecule is Cc1cc(C(C)(F)F)c(C(C)C)c(=O)n1C. The zero-order chi connectivity index (χ0) is 12.7. The largest absolute Gasteiger partial charge is 0.316 e.